The minimum Gasteiger partial charge on any atom is -0.365 e. The molecule has 0 aliphatic rings. The van der Waals surface area contributed by atoms with E-state index in [1.54, 1.807) is 6.92 Å². The van der Waals surface area contributed by atoms with Crippen LogP contribution in [0, 0.1) is 0 Å². The molecule has 1 N–H and O–H groups in total. The van der Waals surface area contributed by atoms with Crippen molar-refractivity contribution < 1.29 is 4.79 Å². The maximum Gasteiger partial charge on any atom is 0.129 e. The second-order valence-electron chi connectivity index (χ2n) is 4.05. The maximum atomic E-state index is 10.7. The Morgan fingerprint density at radius 1 is 1.47 bits per heavy atom. The maximum absolute atomic E-state index is 10.7. The van der Waals surface area contributed by atoms with Gasteiger partial charge in [0.15, 0.2) is 0 Å². The molecule has 1 heterocycles. The molecular formula is C12H20N2O. The fourth-order valence-corrected chi connectivity index (χ4v) is 1.54. The standard InChI is InChI=1S/C12H20N2O/c1-11(15)5-4-9-14(2)10-7-12-6-3-8-13-12/h3,6,8,13H,4-5,7,9-10H2,1-2H3. The van der Waals surface area contributed by atoms with Crippen molar-refractivity contribution in [2.45, 2.75) is 26.2 Å². The summed E-state index contributed by atoms with van der Waals surface area (Å²) in [6.07, 6.45) is 4.66. The van der Waals surface area contributed by atoms with Gasteiger partial charge in [0, 0.05) is 31.3 Å². The molecule has 0 aliphatic carbocycles. The number of hydrogen-bond acceptors (Lipinski definition) is 2. The van der Waals surface area contributed by atoms with Gasteiger partial charge in [-0.25, -0.2) is 0 Å². The fraction of sp³-hybridized carbons (Fsp3) is 0.583. The van der Waals surface area contributed by atoms with E-state index >= 15 is 0 Å². The number of aromatic nitrogens is 1. The van der Waals surface area contributed by atoms with E-state index in [0.29, 0.717) is 6.42 Å². The van der Waals surface area contributed by atoms with Crippen LogP contribution in [0.5, 0.6) is 0 Å². The van der Waals surface area contributed by atoms with E-state index in [2.05, 4.69) is 23.0 Å². The van der Waals surface area contributed by atoms with Crippen molar-refractivity contribution in [2.24, 2.45) is 0 Å². The van der Waals surface area contributed by atoms with E-state index < -0.39 is 0 Å². The molecule has 1 aromatic rings. The van der Waals surface area contributed by atoms with Crippen molar-refractivity contribution in [1.29, 1.82) is 0 Å². The summed E-state index contributed by atoms with van der Waals surface area (Å²) in [5.74, 6) is 0.285. The van der Waals surface area contributed by atoms with Gasteiger partial charge in [0.25, 0.3) is 0 Å². The molecule has 0 aliphatic heterocycles. The van der Waals surface area contributed by atoms with Crippen LogP contribution in [0.15, 0.2) is 18.3 Å². The van der Waals surface area contributed by atoms with Crippen LogP contribution in [0.2, 0.25) is 0 Å². The molecule has 0 spiro atoms. The minimum atomic E-state index is 0.285. The lowest BCUT2D eigenvalue weighted by Gasteiger charge is -2.15. The molecule has 0 unspecified atom stereocenters. The fourth-order valence-electron chi connectivity index (χ4n) is 1.54. The Morgan fingerprint density at radius 3 is 2.87 bits per heavy atom. The molecule has 84 valence electrons. The summed E-state index contributed by atoms with van der Waals surface area (Å²) in [5, 5.41) is 0. The molecule has 3 heteroatoms. The summed E-state index contributed by atoms with van der Waals surface area (Å²) in [4.78, 5) is 16.2. The van der Waals surface area contributed by atoms with E-state index in [1.165, 1.54) is 5.69 Å². The number of carbonyl (C=O) groups excluding carboxylic acids is 1. The second kappa shape index (κ2) is 6.40. The van der Waals surface area contributed by atoms with Gasteiger partial charge in [0.05, 0.1) is 0 Å². The molecule has 0 aromatic carbocycles. The predicted molar refractivity (Wildman–Crippen MR) is 61.9 cm³/mol. The number of rotatable bonds is 7. The Bertz CT molecular complexity index is 280. The van der Waals surface area contributed by atoms with E-state index in [1.807, 2.05) is 12.3 Å². The highest BCUT2D eigenvalue weighted by molar-refractivity contribution is 5.75. The van der Waals surface area contributed by atoms with Crippen molar-refractivity contribution in [3.8, 4) is 0 Å². The quantitative estimate of drug-likeness (QED) is 0.742. The van der Waals surface area contributed by atoms with Crippen LogP contribution < -0.4 is 0 Å². The van der Waals surface area contributed by atoms with Crippen LogP contribution in [0.4, 0.5) is 0 Å². The normalized spacial score (nSPS) is 10.9. The van der Waals surface area contributed by atoms with Gasteiger partial charge in [0.1, 0.15) is 5.78 Å². The summed E-state index contributed by atoms with van der Waals surface area (Å²) in [5.41, 5.74) is 1.27. The number of likely N-dealkylation sites (N-methyl/N-ethyl adjacent to an activating group) is 1. The van der Waals surface area contributed by atoms with Gasteiger partial charge >= 0.3 is 0 Å². The Balaban J connectivity index is 2.08. The van der Waals surface area contributed by atoms with Gasteiger partial charge in [-0.05, 0) is 39.1 Å². The van der Waals surface area contributed by atoms with E-state index in [0.717, 1.165) is 25.9 Å². The highest BCUT2D eigenvalue weighted by atomic mass is 16.1. The first-order chi connectivity index (χ1) is 7.18. The Labute approximate surface area is 91.5 Å². The van der Waals surface area contributed by atoms with E-state index in [4.69, 9.17) is 0 Å². The summed E-state index contributed by atoms with van der Waals surface area (Å²) in [7, 11) is 2.10. The molecule has 15 heavy (non-hydrogen) atoms. The highest BCUT2D eigenvalue weighted by Gasteiger charge is 2.00. The Kier molecular flexibility index (Phi) is 5.12. The average Bonchev–Trinajstić information content (AvgIpc) is 2.66. The average molecular weight is 208 g/mol. The zero-order chi connectivity index (χ0) is 11.1. The first-order valence-corrected chi connectivity index (χ1v) is 5.48. The molecular weight excluding hydrogens is 188 g/mol. The molecule has 0 amide bonds. The SMILES string of the molecule is CC(=O)CCCN(C)CCc1ccc[nH]1. The van der Waals surface area contributed by atoms with Gasteiger partial charge in [-0.3, -0.25) is 0 Å². The molecule has 0 fully saturated rings. The lowest BCUT2D eigenvalue weighted by Crippen LogP contribution is -2.22. The number of hydrogen-bond donors (Lipinski definition) is 1. The number of carbonyl (C=O) groups is 1. The van der Waals surface area contributed by atoms with E-state index in [9.17, 15) is 4.79 Å². The largest absolute Gasteiger partial charge is 0.365 e. The molecule has 3 nitrogen and oxygen atoms in total. The van der Waals surface area contributed by atoms with Gasteiger partial charge in [-0.1, -0.05) is 0 Å². The number of nitrogens with zero attached hydrogens (tertiary/aromatic N) is 1. The van der Waals surface area contributed by atoms with Crippen LogP contribution in [0.1, 0.15) is 25.5 Å². The molecule has 0 saturated heterocycles. The second-order valence-corrected chi connectivity index (χ2v) is 4.05. The zero-order valence-corrected chi connectivity index (χ0v) is 9.62. The van der Waals surface area contributed by atoms with Crippen LogP contribution in [0.25, 0.3) is 0 Å². The molecule has 1 aromatic heterocycles. The Hall–Kier alpha value is -1.09. The smallest absolute Gasteiger partial charge is 0.129 e. The van der Waals surface area contributed by atoms with Gasteiger partial charge in [-0.2, -0.15) is 0 Å². The number of ketones is 1. The van der Waals surface area contributed by atoms with Crippen LogP contribution in [-0.2, 0) is 11.2 Å². The van der Waals surface area contributed by atoms with Crippen LogP contribution >= 0.6 is 0 Å². The lowest BCUT2D eigenvalue weighted by atomic mass is 10.2. The van der Waals surface area contributed by atoms with Gasteiger partial charge < -0.3 is 14.7 Å². The first-order valence-electron chi connectivity index (χ1n) is 5.48. The van der Waals surface area contributed by atoms with Crippen LogP contribution in [-0.4, -0.2) is 35.8 Å². The van der Waals surface area contributed by atoms with Crippen molar-refractivity contribution in [3.05, 3.63) is 24.0 Å². The molecule has 0 saturated carbocycles. The van der Waals surface area contributed by atoms with E-state index in [-0.39, 0.29) is 5.78 Å². The number of Topliss-reactive ketones (excluding diaryl/α,β-unsaturated/α-hetero) is 1. The lowest BCUT2D eigenvalue weighted by molar-refractivity contribution is -0.117. The van der Waals surface area contributed by atoms with Crippen LogP contribution in [0.3, 0.4) is 0 Å². The number of aromatic amines is 1. The Morgan fingerprint density at radius 2 is 2.27 bits per heavy atom. The number of nitrogens with one attached hydrogen (secondary N) is 1. The van der Waals surface area contributed by atoms with Crippen molar-refractivity contribution in [2.75, 3.05) is 20.1 Å². The van der Waals surface area contributed by atoms with Gasteiger partial charge in [0.2, 0.25) is 0 Å². The summed E-state index contributed by atoms with van der Waals surface area (Å²) >= 11 is 0. The molecule has 0 atom stereocenters. The van der Waals surface area contributed by atoms with Gasteiger partial charge in [-0.15, -0.1) is 0 Å². The summed E-state index contributed by atoms with van der Waals surface area (Å²) in [6, 6.07) is 4.12. The van der Waals surface area contributed by atoms with Crippen molar-refractivity contribution >= 4 is 5.78 Å². The highest BCUT2D eigenvalue weighted by Crippen LogP contribution is 1.99. The predicted octanol–water partition coefficient (Wildman–Crippen LogP) is 1.86. The summed E-state index contributed by atoms with van der Waals surface area (Å²) in [6.45, 7) is 3.69. The third-order valence-corrected chi connectivity index (χ3v) is 2.49. The topological polar surface area (TPSA) is 36.1 Å². The molecule has 0 radical (unpaired) electrons. The monoisotopic (exact) mass is 208 g/mol. The minimum absolute atomic E-state index is 0.285. The third-order valence-electron chi connectivity index (χ3n) is 2.49. The number of H-pyrrole nitrogens is 1. The molecule has 0 bridgehead atoms. The van der Waals surface area contributed by atoms with Crippen molar-refractivity contribution in [1.82, 2.24) is 9.88 Å². The zero-order valence-electron chi connectivity index (χ0n) is 9.62. The van der Waals surface area contributed by atoms with Crippen molar-refractivity contribution in [3.63, 3.8) is 0 Å². The first kappa shape index (κ1) is 12.0. The molecule has 1 rings (SSSR count). The summed E-state index contributed by atoms with van der Waals surface area (Å²) < 4.78 is 0. The third kappa shape index (κ3) is 5.37.